The first-order chi connectivity index (χ1) is 20.4. The monoisotopic (exact) mass is 563 g/mol. The first kappa shape index (κ1) is 27.4. The number of hydrogen-bond acceptors (Lipinski definition) is 5. The van der Waals surface area contributed by atoms with Crippen molar-refractivity contribution in [1.29, 1.82) is 0 Å². The quantitative estimate of drug-likeness (QED) is 0.269. The molecule has 0 radical (unpaired) electrons. The lowest BCUT2D eigenvalue weighted by atomic mass is 10.0. The Morgan fingerprint density at radius 2 is 1.62 bits per heavy atom. The fourth-order valence-electron chi connectivity index (χ4n) is 6.03. The van der Waals surface area contributed by atoms with E-state index in [1.165, 1.54) is 21.7 Å². The van der Waals surface area contributed by atoms with E-state index in [0.29, 0.717) is 19.0 Å². The van der Waals surface area contributed by atoms with E-state index in [0.717, 1.165) is 54.2 Å². The van der Waals surface area contributed by atoms with Crippen molar-refractivity contribution in [3.8, 4) is 16.9 Å². The van der Waals surface area contributed by atoms with E-state index in [4.69, 9.17) is 10.5 Å². The number of methoxy groups -OCH3 is 1. The van der Waals surface area contributed by atoms with Gasteiger partial charge in [-0.15, -0.1) is 0 Å². The van der Waals surface area contributed by atoms with Crippen LogP contribution in [0.25, 0.3) is 11.1 Å². The van der Waals surface area contributed by atoms with Gasteiger partial charge in [-0.2, -0.15) is 0 Å². The number of urea groups is 1. The van der Waals surface area contributed by atoms with Crippen LogP contribution >= 0.6 is 0 Å². The van der Waals surface area contributed by atoms with Crippen LogP contribution in [0.1, 0.15) is 36.4 Å². The number of hydrogen-bond donors (Lipinski definition) is 1. The Bertz CT molecular complexity index is 1570. The molecule has 0 saturated carbocycles. The molecule has 2 aliphatic heterocycles. The lowest BCUT2D eigenvalue weighted by Crippen LogP contribution is -2.52. The summed E-state index contributed by atoms with van der Waals surface area (Å²) in [7, 11) is 1.61. The number of amides is 3. The Labute approximate surface area is 246 Å². The Hall–Kier alpha value is -4.72. The predicted molar refractivity (Wildman–Crippen MR) is 167 cm³/mol. The number of piperidine rings is 1. The van der Waals surface area contributed by atoms with Gasteiger partial charge in [-0.05, 0) is 90.6 Å². The van der Waals surface area contributed by atoms with Crippen LogP contribution < -0.4 is 20.3 Å². The normalized spacial score (nSPS) is 16.3. The number of anilines is 3. The second-order valence-corrected chi connectivity index (χ2v) is 11.2. The summed E-state index contributed by atoms with van der Waals surface area (Å²) in [4.78, 5) is 31.7. The number of carbonyl (C=O) groups is 2. The number of rotatable bonds is 7. The molecular formula is C34H37N5O3. The Kier molecular flexibility index (Phi) is 7.61. The third-order valence-corrected chi connectivity index (χ3v) is 8.49. The summed E-state index contributed by atoms with van der Waals surface area (Å²) >= 11 is 0. The SMILES string of the molecule is COc1ccc(CN2C(=O)CCN(c3ccc(N4CCC(n5ccc(-c6ccc(N)cc6)c5)CC4)cc3C)C2=O)cc1. The minimum atomic E-state index is -0.274. The van der Waals surface area contributed by atoms with E-state index in [9.17, 15) is 9.59 Å². The average molecular weight is 564 g/mol. The third-order valence-electron chi connectivity index (χ3n) is 8.49. The van der Waals surface area contributed by atoms with Gasteiger partial charge in [0.25, 0.3) is 0 Å². The van der Waals surface area contributed by atoms with Crippen molar-refractivity contribution < 1.29 is 14.3 Å². The summed E-state index contributed by atoms with van der Waals surface area (Å²) in [5.41, 5.74) is 12.9. The zero-order chi connectivity index (χ0) is 29.2. The van der Waals surface area contributed by atoms with Crippen LogP contribution in [-0.4, -0.2) is 48.1 Å². The Morgan fingerprint density at radius 3 is 2.31 bits per heavy atom. The number of aromatic nitrogens is 1. The molecule has 0 spiro atoms. The molecule has 6 rings (SSSR count). The van der Waals surface area contributed by atoms with E-state index < -0.39 is 0 Å². The molecule has 4 aromatic rings. The number of aryl methyl sites for hydroxylation is 1. The minimum absolute atomic E-state index is 0.146. The number of benzene rings is 3. The van der Waals surface area contributed by atoms with Gasteiger partial charge in [0, 0.05) is 61.6 Å². The molecule has 42 heavy (non-hydrogen) atoms. The number of ether oxygens (including phenoxy) is 1. The summed E-state index contributed by atoms with van der Waals surface area (Å²) in [6.07, 6.45) is 6.84. The molecular weight excluding hydrogens is 526 g/mol. The van der Waals surface area contributed by atoms with Crippen LogP contribution in [-0.2, 0) is 11.3 Å². The van der Waals surface area contributed by atoms with Gasteiger partial charge in [-0.25, -0.2) is 4.79 Å². The van der Waals surface area contributed by atoms with Crippen LogP contribution in [0.15, 0.2) is 85.2 Å². The van der Waals surface area contributed by atoms with Gasteiger partial charge in [0.2, 0.25) is 5.91 Å². The number of nitrogens with two attached hydrogens (primary N) is 1. The first-order valence-electron chi connectivity index (χ1n) is 14.5. The topological polar surface area (TPSA) is 84.0 Å². The second-order valence-electron chi connectivity index (χ2n) is 11.2. The average Bonchev–Trinajstić information content (AvgIpc) is 3.51. The van der Waals surface area contributed by atoms with Gasteiger partial charge in [-0.3, -0.25) is 14.6 Å². The van der Waals surface area contributed by atoms with Crippen molar-refractivity contribution in [3.05, 3.63) is 96.3 Å². The molecule has 2 aliphatic rings. The highest BCUT2D eigenvalue weighted by Gasteiger charge is 2.33. The van der Waals surface area contributed by atoms with E-state index in [1.807, 2.05) is 49.4 Å². The molecule has 0 unspecified atom stereocenters. The van der Waals surface area contributed by atoms with Crippen molar-refractivity contribution in [2.75, 3.05) is 42.3 Å². The zero-order valence-corrected chi connectivity index (χ0v) is 24.2. The maximum Gasteiger partial charge on any atom is 0.331 e. The predicted octanol–water partition coefficient (Wildman–Crippen LogP) is 6.25. The van der Waals surface area contributed by atoms with Crippen LogP contribution in [0.4, 0.5) is 21.9 Å². The lowest BCUT2D eigenvalue weighted by molar-refractivity contribution is -0.129. The van der Waals surface area contributed by atoms with Crippen molar-refractivity contribution in [3.63, 3.8) is 0 Å². The van der Waals surface area contributed by atoms with E-state index in [-0.39, 0.29) is 18.5 Å². The highest BCUT2D eigenvalue weighted by atomic mass is 16.5. The molecule has 0 atom stereocenters. The molecule has 2 fully saturated rings. The summed E-state index contributed by atoms with van der Waals surface area (Å²) in [6, 6.07) is 24.1. The van der Waals surface area contributed by atoms with Crippen molar-refractivity contribution in [1.82, 2.24) is 9.47 Å². The first-order valence-corrected chi connectivity index (χ1v) is 14.5. The fourth-order valence-corrected chi connectivity index (χ4v) is 6.03. The van der Waals surface area contributed by atoms with Gasteiger partial charge in [0.1, 0.15) is 5.75 Å². The Morgan fingerprint density at radius 1 is 0.881 bits per heavy atom. The molecule has 216 valence electrons. The number of nitrogens with zero attached hydrogens (tertiary/aromatic N) is 4. The minimum Gasteiger partial charge on any atom is -0.497 e. The summed E-state index contributed by atoms with van der Waals surface area (Å²) < 4.78 is 7.57. The van der Waals surface area contributed by atoms with Crippen LogP contribution in [0.3, 0.4) is 0 Å². The summed E-state index contributed by atoms with van der Waals surface area (Å²) in [6.45, 7) is 4.60. The third kappa shape index (κ3) is 5.57. The lowest BCUT2D eigenvalue weighted by Gasteiger charge is -2.36. The largest absolute Gasteiger partial charge is 0.497 e. The van der Waals surface area contributed by atoms with Gasteiger partial charge in [0.05, 0.1) is 13.7 Å². The molecule has 2 N–H and O–H groups in total. The number of carbonyl (C=O) groups excluding carboxylic acids is 2. The summed E-state index contributed by atoms with van der Waals surface area (Å²) in [5.74, 6) is 0.595. The number of nitrogen functional groups attached to an aromatic ring is 1. The maximum absolute atomic E-state index is 13.5. The smallest absolute Gasteiger partial charge is 0.331 e. The number of imide groups is 1. The van der Waals surface area contributed by atoms with E-state index >= 15 is 0 Å². The maximum atomic E-state index is 13.5. The van der Waals surface area contributed by atoms with Crippen LogP contribution in [0, 0.1) is 6.92 Å². The van der Waals surface area contributed by atoms with Crippen LogP contribution in [0.2, 0.25) is 0 Å². The Balaban J connectivity index is 1.10. The highest BCUT2D eigenvalue weighted by molar-refractivity contribution is 6.06. The van der Waals surface area contributed by atoms with Gasteiger partial charge in [0.15, 0.2) is 0 Å². The second kappa shape index (κ2) is 11.6. The highest BCUT2D eigenvalue weighted by Crippen LogP contribution is 2.33. The molecule has 0 aliphatic carbocycles. The molecule has 3 amide bonds. The van der Waals surface area contributed by atoms with Crippen molar-refractivity contribution in [2.24, 2.45) is 0 Å². The standard InChI is InChI=1S/C34H37N5O3/c1-24-21-30(36-18-14-29(15-19-36)37-17-13-27(23-37)26-5-7-28(35)8-6-26)9-12-32(24)38-20-16-33(40)39(34(38)41)22-25-3-10-31(42-2)11-4-25/h3-13,17,21,23,29H,14-16,18-20,22,35H2,1-2H3. The van der Waals surface area contributed by atoms with Gasteiger partial charge < -0.3 is 19.9 Å². The molecule has 8 nitrogen and oxygen atoms in total. The summed E-state index contributed by atoms with van der Waals surface area (Å²) in [5, 5.41) is 0. The van der Waals surface area contributed by atoms with Crippen molar-refractivity contribution in [2.45, 2.75) is 38.8 Å². The van der Waals surface area contributed by atoms with Gasteiger partial charge in [-0.1, -0.05) is 24.3 Å². The molecule has 8 heteroatoms. The molecule has 3 aromatic carbocycles. The van der Waals surface area contributed by atoms with E-state index in [2.05, 4.69) is 52.2 Å². The molecule has 0 bridgehead atoms. The molecule has 2 saturated heterocycles. The van der Waals surface area contributed by atoms with E-state index in [1.54, 1.807) is 12.0 Å². The molecule has 3 heterocycles. The molecule has 1 aromatic heterocycles. The van der Waals surface area contributed by atoms with Gasteiger partial charge >= 0.3 is 6.03 Å². The zero-order valence-electron chi connectivity index (χ0n) is 24.2. The fraction of sp³-hybridized carbons (Fsp3) is 0.294. The van der Waals surface area contributed by atoms with Crippen molar-refractivity contribution >= 4 is 29.0 Å². The van der Waals surface area contributed by atoms with Crippen LogP contribution in [0.5, 0.6) is 5.75 Å².